The van der Waals surface area contributed by atoms with Gasteiger partial charge >= 0.3 is 0 Å². The van der Waals surface area contributed by atoms with E-state index >= 15 is 0 Å². The van der Waals surface area contributed by atoms with Crippen molar-refractivity contribution >= 4 is 28.6 Å². The number of benzene rings is 1. The number of carbonyl (C=O) groups is 1. The van der Waals surface area contributed by atoms with Gasteiger partial charge < -0.3 is 21.8 Å². The minimum atomic E-state index is -0.356. The van der Waals surface area contributed by atoms with Crippen LogP contribution in [0, 0.1) is 0 Å². The molecular weight excluding hydrogens is 268 g/mol. The number of amides is 1. The number of nitrogens with one attached hydrogen (secondary N) is 2. The van der Waals surface area contributed by atoms with Crippen molar-refractivity contribution in [3.05, 3.63) is 36.0 Å². The fraction of sp³-hybridized carbons (Fsp3) is 0.0714. The number of nitrogens with two attached hydrogens (primary N) is 2. The molecule has 0 unspecified atom stereocenters. The molecule has 7 heteroatoms. The van der Waals surface area contributed by atoms with Crippen LogP contribution in [0.15, 0.2) is 30.5 Å². The van der Waals surface area contributed by atoms with E-state index in [4.69, 9.17) is 11.5 Å². The number of anilines is 2. The van der Waals surface area contributed by atoms with Crippen LogP contribution in [0.4, 0.5) is 11.8 Å². The second-order valence-corrected chi connectivity index (χ2v) is 4.52. The zero-order valence-corrected chi connectivity index (χ0v) is 11.3. The molecule has 0 aliphatic heterocycles. The lowest BCUT2D eigenvalue weighted by molar-refractivity contribution is 0.0964. The second kappa shape index (κ2) is 4.78. The number of carbonyl (C=O) groups excluding carboxylic acids is 1. The van der Waals surface area contributed by atoms with Crippen LogP contribution in [0.2, 0.25) is 0 Å². The third-order valence-electron chi connectivity index (χ3n) is 3.25. The molecule has 3 rings (SSSR count). The maximum atomic E-state index is 12.1. The van der Waals surface area contributed by atoms with Crippen molar-refractivity contribution in [2.24, 2.45) is 0 Å². The van der Waals surface area contributed by atoms with Crippen LogP contribution >= 0.6 is 0 Å². The average molecular weight is 282 g/mol. The number of aromatic nitrogens is 3. The Bertz CT molecular complexity index is 839. The van der Waals surface area contributed by atoms with Crippen LogP contribution in [0.25, 0.3) is 22.2 Å². The number of H-pyrrole nitrogens is 1. The van der Waals surface area contributed by atoms with Gasteiger partial charge in [0.2, 0.25) is 5.95 Å². The summed E-state index contributed by atoms with van der Waals surface area (Å²) in [6, 6.07) is 7.63. The van der Waals surface area contributed by atoms with E-state index in [9.17, 15) is 4.79 Å². The molecule has 0 radical (unpaired) electrons. The Morgan fingerprint density at radius 3 is 2.81 bits per heavy atom. The Morgan fingerprint density at radius 2 is 2.05 bits per heavy atom. The standard InChI is InChI=1S/C14H14N6O/c1-17-13(21)9-11(19-14(16)20-12(9)15)8-4-2-3-7-5-6-18-10(7)8/h2-6,18H,1H3,(H,17,21)(H4,15,16,19,20). The maximum absolute atomic E-state index is 12.1. The van der Waals surface area contributed by atoms with E-state index in [1.54, 1.807) is 0 Å². The molecule has 106 valence electrons. The van der Waals surface area contributed by atoms with Crippen LogP contribution < -0.4 is 16.8 Å². The molecule has 0 bridgehead atoms. The predicted octanol–water partition coefficient (Wildman–Crippen LogP) is 1.15. The Labute approximate surface area is 120 Å². The monoisotopic (exact) mass is 282 g/mol. The molecule has 1 aromatic carbocycles. The number of rotatable bonds is 2. The van der Waals surface area contributed by atoms with Crippen LogP contribution in [0.1, 0.15) is 10.4 Å². The highest BCUT2D eigenvalue weighted by molar-refractivity contribution is 6.07. The molecular formula is C14H14N6O. The first-order valence-corrected chi connectivity index (χ1v) is 6.33. The van der Waals surface area contributed by atoms with Gasteiger partial charge in [0, 0.05) is 24.2 Å². The Balaban J connectivity index is 2.36. The van der Waals surface area contributed by atoms with Gasteiger partial charge in [-0.05, 0) is 6.07 Å². The fourth-order valence-corrected chi connectivity index (χ4v) is 2.32. The Hall–Kier alpha value is -3.09. The average Bonchev–Trinajstić information content (AvgIpc) is 2.94. The lowest BCUT2D eigenvalue weighted by atomic mass is 10.0. The van der Waals surface area contributed by atoms with Crippen molar-refractivity contribution < 1.29 is 4.79 Å². The van der Waals surface area contributed by atoms with Crippen molar-refractivity contribution in [1.29, 1.82) is 0 Å². The zero-order valence-electron chi connectivity index (χ0n) is 11.3. The summed E-state index contributed by atoms with van der Waals surface area (Å²) in [4.78, 5) is 23.3. The van der Waals surface area contributed by atoms with E-state index in [2.05, 4.69) is 20.3 Å². The molecule has 0 spiro atoms. The molecule has 7 nitrogen and oxygen atoms in total. The first-order valence-electron chi connectivity index (χ1n) is 6.33. The highest BCUT2D eigenvalue weighted by Crippen LogP contribution is 2.31. The van der Waals surface area contributed by atoms with E-state index in [-0.39, 0.29) is 23.2 Å². The van der Waals surface area contributed by atoms with Gasteiger partial charge in [0.25, 0.3) is 5.91 Å². The number of para-hydroxylation sites is 1. The second-order valence-electron chi connectivity index (χ2n) is 4.52. The van der Waals surface area contributed by atoms with E-state index in [1.165, 1.54) is 7.05 Å². The van der Waals surface area contributed by atoms with E-state index in [0.717, 1.165) is 16.5 Å². The van der Waals surface area contributed by atoms with Crippen molar-refractivity contribution in [2.75, 3.05) is 18.5 Å². The number of hydrogen-bond acceptors (Lipinski definition) is 5. The molecule has 0 fully saturated rings. The molecule has 0 aliphatic carbocycles. The Morgan fingerprint density at radius 1 is 1.24 bits per heavy atom. The summed E-state index contributed by atoms with van der Waals surface area (Å²) >= 11 is 0. The zero-order chi connectivity index (χ0) is 15.0. The van der Waals surface area contributed by atoms with Crippen molar-refractivity contribution in [3.63, 3.8) is 0 Å². The van der Waals surface area contributed by atoms with E-state index in [1.807, 2.05) is 30.5 Å². The van der Waals surface area contributed by atoms with Crippen molar-refractivity contribution in [2.45, 2.75) is 0 Å². The SMILES string of the molecule is CNC(=O)c1c(N)nc(N)nc1-c1cccc2cc[nH]c12. The van der Waals surface area contributed by atoms with Gasteiger partial charge in [0.15, 0.2) is 0 Å². The summed E-state index contributed by atoms with van der Waals surface area (Å²) in [6.45, 7) is 0. The molecule has 0 atom stereocenters. The maximum Gasteiger partial charge on any atom is 0.257 e. The van der Waals surface area contributed by atoms with Crippen LogP contribution in [0.3, 0.4) is 0 Å². The first-order chi connectivity index (χ1) is 10.1. The number of fused-ring (bicyclic) bond motifs is 1. The summed E-state index contributed by atoms with van der Waals surface area (Å²) in [6.07, 6.45) is 1.82. The number of aromatic amines is 1. The lowest BCUT2D eigenvalue weighted by Gasteiger charge is -2.11. The van der Waals surface area contributed by atoms with E-state index < -0.39 is 0 Å². The van der Waals surface area contributed by atoms with E-state index in [0.29, 0.717) is 5.69 Å². The summed E-state index contributed by atoms with van der Waals surface area (Å²) < 4.78 is 0. The lowest BCUT2D eigenvalue weighted by Crippen LogP contribution is -2.22. The molecule has 0 saturated heterocycles. The van der Waals surface area contributed by atoms with Crippen molar-refractivity contribution in [3.8, 4) is 11.3 Å². The molecule has 0 aliphatic rings. The molecule has 1 amide bonds. The third-order valence-corrected chi connectivity index (χ3v) is 3.25. The number of nitrogens with zero attached hydrogens (tertiary/aromatic N) is 2. The predicted molar refractivity (Wildman–Crippen MR) is 81.5 cm³/mol. The molecule has 0 saturated carbocycles. The quantitative estimate of drug-likeness (QED) is 0.561. The smallest absolute Gasteiger partial charge is 0.257 e. The molecule has 3 aromatic rings. The van der Waals surface area contributed by atoms with Crippen LogP contribution in [-0.2, 0) is 0 Å². The molecule has 6 N–H and O–H groups in total. The van der Waals surface area contributed by atoms with Crippen molar-refractivity contribution in [1.82, 2.24) is 20.3 Å². The summed E-state index contributed by atoms with van der Waals surface area (Å²) in [5.41, 5.74) is 13.8. The topological polar surface area (TPSA) is 123 Å². The number of hydrogen-bond donors (Lipinski definition) is 4. The molecule has 2 aromatic heterocycles. The molecule has 2 heterocycles. The fourth-order valence-electron chi connectivity index (χ4n) is 2.32. The van der Waals surface area contributed by atoms with Crippen LogP contribution in [-0.4, -0.2) is 27.9 Å². The minimum Gasteiger partial charge on any atom is -0.383 e. The first kappa shape index (κ1) is 12.9. The highest BCUT2D eigenvalue weighted by atomic mass is 16.1. The van der Waals surface area contributed by atoms with Gasteiger partial charge in [-0.3, -0.25) is 4.79 Å². The summed E-state index contributed by atoms with van der Waals surface area (Å²) in [5.74, 6) is -0.273. The third kappa shape index (κ3) is 2.04. The highest BCUT2D eigenvalue weighted by Gasteiger charge is 2.20. The summed E-state index contributed by atoms with van der Waals surface area (Å²) in [5, 5.41) is 3.55. The van der Waals surface area contributed by atoms with Crippen LogP contribution in [0.5, 0.6) is 0 Å². The normalized spacial score (nSPS) is 10.7. The number of nitrogen functional groups attached to an aromatic ring is 2. The van der Waals surface area contributed by atoms with Gasteiger partial charge in [-0.2, -0.15) is 4.98 Å². The van der Waals surface area contributed by atoms with Gasteiger partial charge in [-0.25, -0.2) is 4.98 Å². The molecule has 21 heavy (non-hydrogen) atoms. The minimum absolute atomic E-state index is 0.0266. The largest absolute Gasteiger partial charge is 0.383 e. The van der Waals surface area contributed by atoms with Gasteiger partial charge in [0.05, 0.1) is 11.2 Å². The van der Waals surface area contributed by atoms with Gasteiger partial charge in [-0.15, -0.1) is 0 Å². The summed E-state index contributed by atoms with van der Waals surface area (Å²) in [7, 11) is 1.52. The Kier molecular flexibility index (Phi) is 2.94. The van der Waals surface area contributed by atoms with Gasteiger partial charge in [0.1, 0.15) is 11.4 Å². The van der Waals surface area contributed by atoms with Gasteiger partial charge in [-0.1, -0.05) is 18.2 Å².